The van der Waals surface area contributed by atoms with Crippen LogP contribution in [0.3, 0.4) is 0 Å². The smallest absolute Gasteiger partial charge is 0.191 e. The van der Waals surface area contributed by atoms with E-state index in [1.54, 1.807) is 0 Å². The van der Waals surface area contributed by atoms with Crippen molar-refractivity contribution in [2.45, 2.75) is 65.5 Å². The molecule has 0 radical (unpaired) electrons. The molecule has 0 saturated carbocycles. The lowest BCUT2D eigenvalue weighted by atomic mass is 10.1. The van der Waals surface area contributed by atoms with Gasteiger partial charge in [-0.3, -0.25) is 4.40 Å². The van der Waals surface area contributed by atoms with Crippen molar-refractivity contribution in [1.29, 1.82) is 0 Å². The minimum atomic E-state index is 0.412. The van der Waals surface area contributed by atoms with E-state index < -0.39 is 0 Å². The normalized spacial score (nSPS) is 13.2. The summed E-state index contributed by atoms with van der Waals surface area (Å²) in [6, 6.07) is 6.30. The van der Waals surface area contributed by atoms with Crippen molar-refractivity contribution in [1.82, 2.24) is 25.2 Å². The van der Waals surface area contributed by atoms with Crippen LogP contribution in [0.5, 0.6) is 0 Å². The molecule has 0 spiro atoms. The van der Waals surface area contributed by atoms with E-state index in [-0.39, 0.29) is 0 Å². The monoisotopic (exact) mass is 330 g/mol. The van der Waals surface area contributed by atoms with Crippen LogP contribution in [-0.4, -0.2) is 33.1 Å². The first-order valence-corrected chi connectivity index (χ1v) is 9.08. The Bertz CT molecular complexity index is 633. The van der Waals surface area contributed by atoms with Crippen LogP contribution in [0.4, 0.5) is 0 Å². The van der Waals surface area contributed by atoms with E-state index in [1.807, 2.05) is 28.8 Å². The van der Waals surface area contributed by atoms with E-state index in [1.165, 1.54) is 25.7 Å². The Morgan fingerprint density at radius 3 is 2.88 bits per heavy atom. The number of aromatic nitrogens is 3. The minimum Gasteiger partial charge on any atom is -0.357 e. The lowest BCUT2D eigenvalue weighted by molar-refractivity contribution is 0.537. The van der Waals surface area contributed by atoms with Crippen LogP contribution < -0.4 is 10.6 Å². The minimum absolute atomic E-state index is 0.412. The Balaban J connectivity index is 1.92. The summed E-state index contributed by atoms with van der Waals surface area (Å²) in [6.07, 6.45) is 8.30. The number of nitrogens with zero attached hydrogens (tertiary/aromatic N) is 4. The summed E-state index contributed by atoms with van der Waals surface area (Å²) in [7, 11) is 0. The predicted octanol–water partition coefficient (Wildman–Crippen LogP) is 3.14. The number of hydrogen-bond acceptors (Lipinski definition) is 3. The molecular weight excluding hydrogens is 300 g/mol. The second-order valence-corrected chi connectivity index (χ2v) is 6.13. The summed E-state index contributed by atoms with van der Waals surface area (Å²) in [5.41, 5.74) is 0.852. The number of guanidine groups is 1. The van der Waals surface area contributed by atoms with Crippen molar-refractivity contribution in [3.8, 4) is 0 Å². The van der Waals surface area contributed by atoms with Gasteiger partial charge >= 0.3 is 0 Å². The summed E-state index contributed by atoms with van der Waals surface area (Å²) in [5, 5.41) is 15.2. The van der Waals surface area contributed by atoms with Gasteiger partial charge in [0.05, 0.1) is 0 Å². The van der Waals surface area contributed by atoms with Crippen LogP contribution in [0.15, 0.2) is 29.4 Å². The largest absolute Gasteiger partial charge is 0.357 e. The van der Waals surface area contributed by atoms with Gasteiger partial charge < -0.3 is 10.6 Å². The van der Waals surface area contributed by atoms with E-state index in [4.69, 9.17) is 0 Å². The number of nitrogens with one attached hydrogen (secondary N) is 2. The van der Waals surface area contributed by atoms with Crippen molar-refractivity contribution in [3.05, 3.63) is 30.2 Å². The molecule has 6 heteroatoms. The fraction of sp³-hybridized carbons (Fsp3) is 0.611. The fourth-order valence-corrected chi connectivity index (χ4v) is 2.65. The number of rotatable bonds is 9. The second kappa shape index (κ2) is 9.90. The molecule has 0 saturated heterocycles. The summed E-state index contributed by atoms with van der Waals surface area (Å²) in [5.74, 6) is 1.69. The van der Waals surface area contributed by atoms with E-state index >= 15 is 0 Å². The molecular formula is C18H30N6. The fourth-order valence-electron chi connectivity index (χ4n) is 2.65. The molecule has 2 aromatic rings. The molecule has 6 nitrogen and oxygen atoms in total. The zero-order chi connectivity index (χ0) is 17.2. The van der Waals surface area contributed by atoms with Crippen molar-refractivity contribution in [3.63, 3.8) is 0 Å². The molecule has 0 aliphatic heterocycles. The van der Waals surface area contributed by atoms with Crippen LogP contribution in [0, 0.1) is 0 Å². The van der Waals surface area contributed by atoms with Crippen molar-refractivity contribution < 1.29 is 0 Å². The molecule has 2 N–H and O–H groups in total. The predicted molar refractivity (Wildman–Crippen MR) is 99.2 cm³/mol. The van der Waals surface area contributed by atoms with Gasteiger partial charge in [-0.05, 0) is 32.4 Å². The van der Waals surface area contributed by atoms with Gasteiger partial charge in [0.15, 0.2) is 17.4 Å². The summed E-state index contributed by atoms with van der Waals surface area (Å²) >= 11 is 0. The highest BCUT2D eigenvalue weighted by Gasteiger charge is 2.07. The first kappa shape index (κ1) is 18.2. The van der Waals surface area contributed by atoms with Gasteiger partial charge in [0.1, 0.15) is 6.54 Å². The molecule has 1 unspecified atom stereocenters. The molecule has 2 aromatic heterocycles. The van der Waals surface area contributed by atoms with Gasteiger partial charge in [-0.1, -0.05) is 38.7 Å². The van der Waals surface area contributed by atoms with E-state index in [0.29, 0.717) is 12.6 Å². The molecule has 2 rings (SSSR count). The van der Waals surface area contributed by atoms with Crippen LogP contribution in [-0.2, 0) is 6.54 Å². The third-order valence-corrected chi connectivity index (χ3v) is 3.98. The summed E-state index contributed by atoms with van der Waals surface area (Å²) in [4.78, 5) is 4.66. The highest BCUT2D eigenvalue weighted by atomic mass is 15.3. The average Bonchev–Trinajstić information content (AvgIpc) is 3.00. The average molecular weight is 330 g/mol. The zero-order valence-corrected chi connectivity index (χ0v) is 15.1. The lowest BCUT2D eigenvalue weighted by Crippen LogP contribution is -2.42. The first-order chi connectivity index (χ1) is 11.7. The number of pyridine rings is 1. The van der Waals surface area contributed by atoms with Crippen LogP contribution in [0.2, 0.25) is 0 Å². The second-order valence-electron chi connectivity index (χ2n) is 6.13. The van der Waals surface area contributed by atoms with Gasteiger partial charge in [-0.25, -0.2) is 4.99 Å². The SMILES string of the molecule is CCCCCCC(C)NC(=NCc1nnc2ccccn12)NCC. The molecule has 132 valence electrons. The number of aliphatic imine (C=N–C) groups is 1. The quantitative estimate of drug-likeness (QED) is 0.421. The van der Waals surface area contributed by atoms with Gasteiger partial charge in [0.25, 0.3) is 0 Å². The molecule has 0 amide bonds. The van der Waals surface area contributed by atoms with Crippen LogP contribution in [0.1, 0.15) is 58.7 Å². The van der Waals surface area contributed by atoms with Gasteiger partial charge in [-0.15, -0.1) is 10.2 Å². The molecule has 2 heterocycles. The molecule has 0 aliphatic rings. The standard InChI is InChI=1S/C18H30N6/c1-4-6-7-8-11-15(3)21-18(19-5-2)20-14-17-23-22-16-12-9-10-13-24(16)17/h9-10,12-13,15H,4-8,11,14H2,1-3H3,(H2,19,20,21). The van der Waals surface area contributed by atoms with E-state index in [9.17, 15) is 0 Å². The Hall–Kier alpha value is -2.11. The molecule has 0 bridgehead atoms. The van der Waals surface area contributed by atoms with E-state index in [2.05, 4.69) is 46.6 Å². The topological polar surface area (TPSA) is 66.6 Å². The Kier molecular flexibility index (Phi) is 7.52. The number of unbranched alkanes of at least 4 members (excludes halogenated alkanes) is 3. The molecule has 0 aliphatic carbocycles. The van der Waals surface area contributed by atoms with Crippen molar-refractivity contribution in [2.75, 3.05) is 6.54 Å². The lowest BCUT2D eigenvalue weighted by Gasteiger charge is -2.17. The molecule has 1 atom stereocenters. The highest BCUT2D eigenvalue weighted by molar-refractivity contribution is 5.79. The van der Waals surface area contributed by atoms with Crippen molar-refractivity contribution in [2.24, 2.45) is 4.99 Å². The Morgan fingerprint density at radius 1 is 1.21 bits per heavy atom. The summed E-state index contributed by atoms with van der Waals surface area (Å²) in [6.45, 7) is 7.88. The maximum absolute atomic E-state index is 4.66. The first-order valence-electron chi connectivity index (χ1n) is 9.08. The maximum atomic E-state index is 4.66. The van der Waals surface area contributed by atoms with Crippen LogP contribution >= 0.6 is 0 Å². The summed E-state index contributed by atoms with van der Waals surface area (Å²) < 4.78 is 1.97. The van der Waals surface area contributed by atoms with E-state index in [0.717, 1.165) is 30.4 Å². The Morgan fingerprint density at radius 2 is 2.08 bits per heavy atom. The molecule has 24 heavy (non-hydrogen) atoms. The van der Waals surface area contributed by atoms with Gasteiger partial charge in [0.2, 0.25) is 0 Å². The zero-order valence-electron chi connectivity index (χ0n) is 15.1. The van der Waals surface area contributed by atoms with Gasteiger partial charge in [-0.2, -0.15) is 0 Å². The third kappa shape index (κ3) is 5.51. The van der Waals surface area contributed by atoms with Crippen LogP contribution in [0.25, 0.3) is 5.65 Å². The molecule has 0 fully saturated rings. The van der Waals surface area contributed by atoms with Gasteiger partial charge in [0, 0.05) is 18.8 Å². The van der Waals surface area contributed by atoms with Crippen molar-refractivity contribution >= 4 is 11.6 Å². The Labute approximate surface area is 144 Å². The number of fused-ring (bicyclic) bond motifs is 1. The maximum Gasteiger partial charge on any atom is 0.191 e. The molecule has 0 aromatic carbocycles. The third-order valence-electron chi connectivity index (χ3n) is 3.98. The number of hydrogen-bond donors (Lipinski definition) is 2. The highest BCUT2D eigenvalue weighted by Crippen LogP contribution is 2.06.